The van der Waals surface area contributed by atoms with Gasteiger partial charge in [0.25, 0.3) is 0 Å². The molecule has 2 aromatic carbocycles. The summed E-state index contributed by atoms with van der Waals surface area (Å²) in [5.74, 6) is -0.808. The summed E-state index contributed by atoms with van der Waals surface area (Å²) in [5, 5.41) is 18.6. The fraction of sp³-hybridized carbons (Fsp3) is 0.227. The number of methoxy groups -OCH3 is 1. The lowest BCUT2D eigenvalue weighted by Gasteiger charge is -2.11. The Labute approximate surface area is 193 Å². The minimum Gasteiger partial charge on any atom is -0.497 e. The highest BCUT2D eigenvalue weighted by molar-refractivity contribution is 8.15. The summed E-state index contributed by atoms with van der Waals surface area (Å²) in [6.45, 7) is 2.15. The molecule has 0 bridgehead atoms. The fourth-order valence-corrected chi connectivity index (χ4v) is 3.65. The number of ether oxygens (including phenoxy) is 3. The Morgan fingerprint density at radius 1 is 1.18 bits per heavy atom. The highest BCUT2D eigenvalue weighted by atomic mass is 32.2. The van der Waals surface area contributed by atoms with Crippen molar-refractivity contribution >= 4 is 41.0 Å². The van der Waals surface area contributed by atoms with E-state index in [0.29, 0.717) is 29.2 Å². The van der Waals surface area contributed by atoms with E-state index in [1.165, 1.54) is 13.3 Å². The van der Waals surface area contributed by atoms with Gasteiger partial charge in [-0.2, -0.15) is 5.10 Å². The van der Waals surface area contributed by atoms with Gasteiger partial charge in [-0.1, -0.05) is 11.8 Å². The second-order valence-corrected chi connectivity index (χ2v) is 7.79. The Morgan fingerprint density at radius 3 is 2.61 bits per heavy atom. The van der Waals surface area contributed by atoms with Crippen LogP contribution in [0.1, 0.15) is 29.3 Å². The molecule has 10 nitrogen and oxygen atoms in total. The standard InChI is InChI=1S/C22H21N3O7S/c1-3-31-17-10-13(12-23-25-22-24-20(28)18(33-22)11-19(26)27)4-9-16(17)32-21(29)14-5-7-15(30-2)8-6-14/h4-10,12,18H,3,11H2,1-2H3,(H,26,27)(H,24,25,28). The van der Waals surface area contributed by atoms with Crippen LogP contribution in [0.15, 0.2) is 52.7 Å². The molecule has 1 aliphatic rings. The minimum absolute atomic E-state index is 0.220. The summed E-state index contributed by atoms with van der Waals surface area (Å²) in [7, 11) is 1.54. The third-order valence-electron chi connectivity index (χ3n) is 4.29. The van der Waals surface area contributed by atoms with Crippen LogP contribution >= 0.6 is 11.8 Å². The molecule has 0 saturated carbocycles. The largest absolute Gasteiger partial charge is 0.497 e. The summed E-state index contributed by atoms with van der Waals surface area (Å²) in [4.78, 5) is 35.0. The monoisotopic (exact) mass is 471 g/mol. The quantitative estimate of drug-likeness (QED) is 0.247. The molecule has 3 rings (SSSR count). The molecule has 1 aliphatic heterocycles. The average molecular weight is 471 g/mol. The molecule has 172 valence electrons. The number of aliphatic carboxylic acids is 1. The molecule has 11 heteroatoms. The van der Waals surface area contributed by atoms with Gasteiger partial charge in [0.05, 0.1) is 31.9 Å². The first-order chi connectivity index (χ1) is 15.9. The molecule has 1 amide bonds. The predicted octanol–water partition coefficient (Wildman–Crippen LogP) is 2.71. The number of nitrogens with one attached hydrogen (secondary N) is 1. The zero-order valence-electron chi connectivity index (χ0n) is 17.8. The molecule has 0 aliphatic carbocycles. The van der Waals surface area contributed by atoms with Crippen molar-refractivity contribution < 1.29 is 33.7 Å². The van der Waals surface area contributed by atoms with E-state index >= 15 is 0 Å². The van der Waals surface area contributed by atoms with Crippen molar-refractivity contribution in [3.8, 4) is 17.2 Å². The van der Waals surface area contributed by atoms with Crippen LogP contribution in [0.5, 0.6) is 17.2 Å². The Kier molecular flexibility index (Phi) is 8.03. The van der Waals surface area contributed by atoms with Crippen LogP contribution in [0.4, 0.5) is 0 Å². The number of nitrogens with zero attached hydrogens (tertiary/aromatic N) is 2. The number of amidine groups is 1. The zero-order chi connectivity index (χ0) is 23.8. The lowest BCUT2D eigenvalue weighted by molar-refractivity contribution is -0.138. The van der Waals surface area contributed by atoms with Crippen LogP contribution in [-0.2, 0) is 9.59 Å². The number of carbonyl (C=O) groups is 3. The number of hydrogen-bond acceptors (Lipinski definition) is 9. The SMILES string of the molecule is CCOc1cc(C=N/N=C2/NC(=O)C(CC(=O)O)S2)ccc1OC(=O)c1ccc(OC)cc1. The topological polar surface area (TPSA) is 136 Å². The predicted molar refractivity (Wildman–Crippen MR) is 122 cm³/mol. The van der Waals surface area contributed by atoms with Crippen molar-refractivity contribution in [3.05, 3.63) is 53.6 Å². The normalized spacial score (nSPS) is 16.6. The fourth-order valence-electron chi connectivity index (χ4n) is 2.74. The van der Waals surface area contributed by atoms with Crippen LogP contribution in [0.25, 0.3) is 0 Å². The Hall–Kier alpha value is -3.86. The number of rotatable bonds is 9. The van der Waals surface area contributed by atoms with Gasteiger partial charge in [-0.3, -0.25) is 9.59 Å². The van der Waals surface area contributed by atoms with E-state index in [4.69, 9.17) is 19.3 Å². The molecule has 1 atom stereocenters. The smallest absolute Gasteiger partial charge is 0.343 e. The van der Waals surface area contributed by atoms with Gasteiger partial charge in [0.2, 0.25) is 5.91 Å². The van der Waals surface area contributed by atoms with Gasteiger partial charge in [-0.15, -0.1) is 5.10 Å². The van der Waals surface area contributed by atoms with Crippen LogP contribution in [0.2, 0.25) is 0 Å². The first-order valence-corrected chi connectivity index (χ1v) is 10.7. The molecule has 2 N–H and O–H groups in total. The maximum absolute atomic E-state index is 12.5. The number of thioether (sulfide) groups is 1. The molecular weight excluding hydrogens is 450 g/mol. The Morgan fingerprint density at radius 2 is 1.94 bits per heavy atom. The lowest BCUT2D eigenvalue weighted by atomic mass is 10.2. The van der Waals surface area contributed by atoms with E-state index in [2.05, 4.69) is 15.5 Å². The van der Waals surface area contributed by atoms with Crippen LogP contribution in [-0.4, -0.2) is 53.3 Å². The van der Waals surface area contributed by atoms with Gasteiger partial charge >= 0.3 is 11.9 Å². The van der Waals surface area contributed by atoms with E-state index in [9.17, 15) is 14.4 Å². The first kappa shape index (κ1) is 23.8. The Bertz CT molecular complexity index is 1100. The number of carbonyl (C=O) groups excluding carboxylic acids is 2. The van der Waals surface area contributed by atoms with Crippen LogP contribution in [0.3, 0.4) is 0 Å². The highest BCUT2D eigenvalue weighted by Crippen LogP contribution is 2.29. The molecule has 0 spiro atoms. The number of amides is 1. The summed E-state index contributed by atoms with van der Waals surface area (Å²) in [6, 6.07) is 11.4. The van der Waals surface area contributed by atoms with Crippen molar-refractivity contribution in [3.63, 3.8) is 0 Å². The van der Waals surface area contributed by atoms with Crippen molar-refractivity contribution in [1.29, 1.82) is 0 Å². The van der Waals surface area contributed by atoms with Gasteiger partial charge in [0, 0.05) is 0 Å². The molecular formula is C22H21N3O7S. The summed E-state index contributed by atoms with van der Waals surface area (Å²) in [6.07, 6.45) is 1.13. The van der Waals surface area contributed by atoms with Crippen molar-refractivity contribution in [2.45, 2.75) is 18.6 Å². The van der Waals surface area contributed by atoms with Gasteiger partial charge in [-0.25, -0.2) is 4.79 Å². The molecule has 2 aromatic rings. The summed E-state index contributed by atoms with van der Waals surface area (Å²) >= 11 is 1.01. The van der Waals surface area contributed by atoms with Crippen molar-refractivity contribution in [2.24, 2.45) is 10.2 Å². The van der Waals surface area contributed by atoms with E-state index in [1.807, 2.05) is 0 Å². The lowest BCUT2D eigenvalue weighted by Crippen LogP contribution is -2.26. The number of carboxylic acid groups (broad SMARTS) is 1. The molecule has 1 heterocycles. The zero-order valence-corrected chi connectivity index (χ0v) is 18.6. The van der Waals surface area contributed by atoms with Crippen LogP contribution < -0.4 is 19.5 Å². The van der Waals surface area contributed by atoms with Gasteiger partial charge in [0.1, 0.15) is 11.0 Å². The molecule has 1 fully saturated rings. The van der Waals surface area contributed by atoms with Crippen molar-refractivity contribution in [2.75, 3.05) is 13.7 Å². The number of hydrogen-bond donors (Lipinski definition) is 2. The maximum atomic E-state index is 12.5. The maximum Gasteiger partial charge on any atom is 0.343 e. The molecule has 33 heavy (non-hydrogen) atoms. The average Bonchev–Trinajstić information content (AvgIpc) is 3.13. The number of carboxylic acids is 1. The van der Waals surface area contributed by atoms with E-state index < -0.39 is 23.1 Å². The van der Waals surface area contributed by atoms with Crippen molar-refractivity contribution in [1.82, 2.24) is 5.32 Å². The number of benzene rings is 2. The first-order valence-electron chi connectivity index (χ1n) is 9.83. The van der Waals surface area contributed by atoms with Crippen LogP contribution in [0, 0.1) is 0 Å². The highest BCUT2D eigenvalue weighted by Gasteiger charge is 2.32. The molecule has 0 radical (unpaired) electrons. The summed E-state index contributed by atoms with van der Waals surface area (Å²) < 4.78 is 16.1. The minimum atomic E-state index is -1.07. The molecule has 1 unspecified atom stereocenters. The molecule has 0 aromatic heterocycles. The van der Waals surface area contributed by atoms with Gasteiger partial charge in [0.15, 0.2) is 16.7 Å². The third-order valence-corrected chi connectivity index (χ3v) is 5.36. The third kappa shape index (κ3) is 6.56. The van der Waals surface area contributed by atoms with Gasteiger partial charge in [-0.05, 0) is 55.0 Å². The second kappa shape index (κ2) is 11.1. The van der Waals surface area contributed by atoms with Gasteiger partial charge < -0.3 is 24.6 Å². The molecule has 1 saturated heterocycles. The number of esters is 1. The second-order valence-electron chi connectivity index (χ2n) is 6.60. The van der Waals surface area contributed by atoms with E-state index in [-0.39, 0.29) is 17.3 Å². The van der Waals surface area contributed by atoms with E-state index in [1.54, 1.807) is 49.4 Å². The Balaban J connectivity index is 1.69. The van der Waals surface area contributed by atoms with E-state index in [0.717, 1.165) is 11.8 Å². The summed E-state index contributed by atoms with van der Waals surface area (Å²) in [5.41, 5.74) is 0.973.